The highest BCUT2D eigenvalue weighted by molar-refractivity contribution is 7.85. The van der Waals surface area contributed by atoms with Crippen molar-refractivity contribution < 1.29 is 17.7 Å². The maximum Gasteiger partial charge on any atom is 0.266 e. The lowest BCUT2D eigenvalue weighted by Gasteiger charge is -2.32. The smallest absolute Gasteiger partial charge is 0.266 e. The summed E-state index contributed by atoms with van der Waals surface area (Å²) in [5.41, 5.74) is 0. The molecule has 0 spiro atoms. The number of nitrogens with zero attached hydrogens (tertiary/aromatic N) is 1. The molecule has 2 unspecified atom stereocenters. The highest BCUT2D eigenvalue weighted by Crippen LogP contribution is 2.17. The normalized spacial score (nSPS) is 15.7. The molecule has 0 heterocycles. The maximum absolute atomic E-state index is 10.9. The van der Waals surface area contributed by atoms with E-state index in [0.29, 0.717) is 31.7 Å². The fraction of sp³-hybridized carbons (Fsp3) is 1.00. The molecule has 0 aromatic rings. The number of ether oxygens (including phenoxy) is 1. The van der Waals surface area contributed by atoms with Crippen molar-refractivity contribution in [1.82, 2.24) is 4.90 Å². The lowest BCUT2D eigenvalue weighted by Crippen LogP contribution is -2.41. The Balaban J connectivity index is 4.57. The van der Waals surface area contributed by atoms with Crippen LogP contribution in [0.1, 0.15) is 40.0 Å². The van der Waals surface area contributed by atoms with Gasteiger partial charge in [0, 0.05) is 26.2 Å². The summed E-state index contributed by atoms with van der Waals surface area (Å²) >= 11 is 0. The molecule has 0 aromatic carbocycles. The van der Waals surface area contributed by atoms with Gasteiger partial charge in [-0.3, -0.25) is 9.45 Å². The van der Waals surface area contributed by atoms with Gasteiger partial charge >= 0.3 is 0 Å². The molecule has 0 aliphatic carbocycles. The van der Waals surface area contributed by atoms with Crippen LogP contribution < -0.4 is 0 Å². The Morgan fingerprint density at radius 3 is 2.26 bits per heavy atom. The van der Waals surface area contributed by atoms with Crippen LogP contribution in [0.4, 0.5) is 0 Å². The van der Waals surface area contributed by atoms with Gasteiger partial charge in [0.1, 0.15) is 0 Å². The summed E-state index contributed by atoms with van der Waals surface area (Å²) in [7, 11) is -2.27. The summed E-state index contributed by atoms with van der Waals surface area (Å²) in [6.45, 7) is 8.11. The molecule has 116 valence electrons. The minimum atomic E-state index is -3.90. The molecule has 0 bridgehead atoms. The SMILES string of the molecule is CCC(C)CC(CC)N(CCOC)CCS(=O)(=O)O. The lowest BCUT2D eigenvalue weighted by molar-refractivity contribution is 0.111. The van der Waals surface area contributed by atoms with Crippen LogP contribution in [0, 0.1) is 5.92 Å². The van der Waals surface area contributed by atoms with Crippen molar-refractivity contribution in [2.24, 2.45) is 5.92 Å². The van der Waals surface area contributed by atoms with Gasteiger partial charge in [0.2, 0.25) is 0 Å². The van der Waals surface area contributed by atoms with Gasteiger partial charge in [0.25, 0.3) is 10.1 Å². The second kappa shape index (κ2) is 9.69. The zero-order valence-corrected chi connectivity index (χ0v) is 13.4. The van der Waals surface area contributed by atoms with Gasteiger partial charge in [0.15, 0.2) is 0 Å². The Kier molecular flexibility index (Phi) is 9.60. The number of hydrogen-bond donors (Lipinski definition) is 1. The van der Waals surface area contributed by atoms with Crippen LogP contribution in [0.3, 0.4) is 0 Å². The van der Waals surface area contributed by atoms with E-state index in [-0.39, 0.29) is 5.75 Å². The molecule has 0 fully saturated rings. The monoisotopic (exact) mass is 295 g/mol. The number of rotatable bonds is 11. The molecule has 0 amide bonds. The summed E-state index contributed by atoms with van der Waals surface area (Å²) in [6, 6.07) is 0.340. The Labute approximate surface area is 118 Å². The molecular weight excluding hydrogens is 266 g/mol. The van der Waals surface area contributed by atoms with E-state index in [0.717, 1.165) is 19.3 Å². The minimum Gasteiger partial charge on any atom is -0.383 e. The maximum atomic E-state index is 10.9. The highest BCUT2D eigenvalue weighted by Gasteiger charge is 2.20. The van der Waals surface area contributed by atoms with Crippen molar-refractivity contribution in [3.05, 3.63) is 0 Å². The average molecular weight is 295 g/mol. The Hall–Kier alpha value is -0.170. The molecule has 0 saturated heterocycles. The standard InChI is InChI=1S/C13H29NO4S/c1-5-12(3)11-13(6-2)14(7-9-18-4)8-10-19(15,16)17/h12-13H,5-11H2,1-4H3,(H,15,16,17). The molecule has 5 nitrogen and oxygen atoms in total. The summed E-state index contributed by atoms with van der Waals surface area (Å²) in [5, 5.41) is 0. The van der Waals surface area contributed by atoms with Crippen LogP contribution >= 0.6 is 0 Å². The topological polar surface area (TPSA) is 66.8 Å². The van der Waals surface area contributed by atoms with E-state index in [2.05, 4.69) is 25.7 Å². The van der Waals surface area contributed by atoms with E-state index < -0.39 is 10.1 Å². The van der Waals surface area contributed by atoms with E-state index in [4.69, 9.17) is 9.29 Å². The van der Waals surface area contributed by atoms with Crippen LogP contribution in [0.25, 0.3) is 0 Å². The van der Waals surface area contributed by atoms with Gasteiger partial charge in [0.05, 0.1) is 12.4 Å². The summed E-state index contributed by atoms with van der Waals surface area (Å²) in [4.78, 5) is 2.11. The van der Waals surface area contributed by atoms with Crippen LogP contribution in [0.2, 0.25) is 0 Å². The molecule has 0 aromatic heterocycles. The van der Waals surface area contributed by atoms with Crippen molar-refractivity contribution >= 4 is 10.1 Å². The molecular formula is C13H29NO4S. The van der Waals surface area contributed by atoms with Gasteiger partial charge in [-0.05, 0) is 18.8 Å². The van der Waals surface area contributed by atoms with Crippen LogP contribution in [-0.2, 0) is 14.9 Å². The fourth-order valence-corrected chi connectivity index (χ4v) is 2.59. The van der Waals surface area contributed by atoms with Crippen molar-refractivity contribution in [2.45, 2.75) is 46.1 Å². The predicted molar refractivity (Wildman–Crippen MR) is 78.0 cm³/mol. The molecule has 0 saturated carbocycles. The third kappa shape index (κ3) is 9.38. The third-order valence-electron chi connectivity index (χ3n) is 3.58. The van der Waals surface area contributed by atoms with Gasteiger partial charge in [-0.1, -0.05) is 27.2 Å². The Morgan fingerprint density at radius 2 is 1.84 bits per heavy atom. The van der Waals surface area contributed by atoms with Gasteiger partial charge in [-0.15, -0.1) is 0 Å². The first-order valence-corrected chi connectivity index (χ1v) is 8.63. The second-order valence-corrected chi connectivity index (χ2v) is 6.70. The summed E-state index contributed by atoms with van der Waals surface area (Å²) in [6.07, 6.45) is 3.13. The first-order chi connectivity index (χ1) is 8.84. The molecule has 2 atom stereocenters. The molecule has 0 aliphatic heterocycles. The first-order valence-electron chi connectivity index (χ1n) is 7.02. The van der Waals surface area contributed by atoms with E-state index in [1.165, 1.54) is 0 Å². The summed E-state index contributed by atoms with van der Waals surface area (Å²) in [5.74, 6) is 0.397. The lowest BCUT2D eigenvalue weighted by atomic mass is 9.96. The zero-order valence-electron chi connectivity index (χ0n) is 12.6. The Bertz CT molecular complexity index is 319. The molecule has 19 heavy (non-hydrogen) atoms. The van der Waals surface area contributed by atoms with Crippen molar-refractivity contribution in [1.29, 1.82) is 0 Å². The number of methoxy groups -OCH3 is 1. The van der Waals surface area contributed by atoms with E-state index in [1.807, 2.05) is 0 Å². The van der Waals surface area contributed by atoms with Gasteiger partial charge < -0.3 is 4.74 Å². The van der Waals surface area contributed by atoms with E-state index in [9.17, 15) is 8.42 Å². The minimum absolute atomic E-state index is 0.215. The van der Waals surface area contributed by atoms with E-state index >= 15 is 0 Å². The van der Waals surface area contributed by atoms with Crippen molar-refractivity contribution in [2.75, 3.05) is 32.6 Å². The molecule has 1 N–H and O–H groups in total. The van der Waals surface area contributed by atoms with Crippen molar-refractivity contribution in [3.8, 4) is 0 Å². The molecule has 0 radical (unpaired) electrons. The van der Waals surface area contributed by atoms with Gasteiger partial charge in [-0.2, -0.15) is 8.42 Å². The van der Waals surface area contributed by atoms with Gasteiger partial charge in [-0.25, -0.2) is 0 Å². The fourth-order valence-electron chi connectivity index (χ4n) is 2.12. The first kappa shape index (κ1) is 18.8. The number of hydrogen-bond acceptors (Lipinski definition) is 4. The molecule has 0 aliphatic rings. The zero-order chi connectivity index (χ0) is 14.9. The van der Waals surface area contributed by atoms with Crippen LogP contribution in [-0.4, -0.2) is 56.5 Å². The quantitative estimate of drug-likeness (QED) is 0.591. The highest BCUT2D eigenvalue weighted by atomic mass is 32.2. The van der Waals surface area contributed by atoms with E-state index in [1.54, 1.807) is 7.11 Å². The average Bonchev–Trinajstić information content (AvgIpc) is 2.35. The van der Waals surface area contributed by atoms with Crippen LogP contribution in [0.5, 0.6) is 0 Å². The van der Waals surface area contributed by atoms with Crippen LogP contribution in [0.15, 0.2) is 0 Å². The van der Waals surface area contributed by atoms with Crippen molar-refractivity contribution in [3.63, 3.8) is 0 Å². The third-order valence-corrected chi connectivity index (χ3v) is 4.28. The molecule has 0 rings (SSSR count). The largest absolute Gasteiger partial charge is 0.383 e. The summed E-state index contributed by atoms with van der Waals surface area (Å²) < 4.78 is 35.8. The predicted octanol–water partition coefficient (Wildman–Crippen LogP) is 2.04. The molecule has 6 heteroatoms. The Morgan fingerprint density at radius 1 is 1.21 bits per heavy atom. The second-order valence-electron chi connectivity index (χ2n) is 5.13.